The van der Waals surface area contributed by atoms with E-state index in [-0.39, 0.29) is 16.2 Å². The van der Waals surface area contributed by atoms with Gasteiger partial charge in [-0.05, 0) is 27.6 Å². The van der Waals surface area contributed by atoms with E-state index >= 15 is 0 Å². The summed E-state index contributed by atoms with van der Waals surface area (Å²) in [5.41, 5.74) is 0. The van der Waals surface area contributed by atoms with Crippen molar-refractivity contribution < 1.29 is 26.3 Å². The Morgan fingerprint density at radius 2 is 0.964 bits per heavy atom. The first kappa shape index (κ1) is 16.9. The van der Waals surface area contributed by atoms with E-state index in [0.29, 0.717) is 10.8 Å². The van der Waals surface area contributed by atoms with E-state index in [1.54, 1.807) is 30.3 Å². The van der Waals surface area contributed by atoms with Crippen LogP contribution in [-0.2, 0) is 0 Å². The zero-order chi connectivity index (χ0) is 19.7. The molecule has 0 saturated heterocycles. The third-order valence-corrected chi connectivity index (χ3v) is 5.08. The highest BCUT2D eigenvalue weighted by Crippen LogP contribution is 2.43. The molecule has 5 aromatic carbocycles. The van der Waals surface area contributed by atoms with Crippen LogP contribution in [0.4, 0.5) is 26.3 Å². The van der Waals surface area contributed by atoms with Gasteiger partial charge in [0.15, 0.2) is 34.9 Å². The van der Waals surface area contributed by atoms with Crippen molar-refractivity contribution in [2.45, 2.75) is 0 Å². The average Bonchev–Trinajstić information content (AvgIpc) is 2.71. The van der Waals surface area contributed by atoms with Gasteiger partial charge in [-0.1, -0.05) is 42.5 Å². The predicted octanol–water partition coefficient (Wildman–Crippen LogP) is 7.13. The van der Waals surface area contributed by atoms with Crippen LogP contribution in [0.25, 0.3) is 43.1 Å². The molecule has 28 heavy (non-hydrogen) atoms. The first-order valence-electron chi connectivity index (χ1n) is 8.28. The molecule has 0 fully saturated rings. The molecular weight excluding hydrogens is 378 g/mol. The van der Waals surface area contributed by atoms with Gasteiger partial charge in [-0.2, -0.15) is 0 Å². The molecule has 0 aliphatic rings. The molecule has 0 heterocycles. The molecule has 0 N–H and O–H groups in total. The summed E-state index contributed by atoms with van der Waals surface area (Å²) in [5.74, 6) is -10.3. The van der Waals surface area contributed by atoms with Gasteiger partial charge in [0.05, 0.1) is 0 Å². The summed E-state index contributed by atoms with van der Waals surface area (Å²) in [6.07, 6.45) is 0. The number of hydrogen-bond acceptors (Lipinski definition) is 0. The maximum absolute atomic E-state index is 14.9. The van der Waals surface area contributed by atoms with Gasteiger partial charge < -0.3 is 0 Å². The van der Waals surface area contributed by atoms with Crippen molar-refractivity contribution in [2.75, 3.05) is 0 Å². The van der Waals surface area contributed by atoms with Crippen LogP contribution < -0.4 is 0 Å². The molecule has 0 unspecified atom stereocenters. The fourth-order valence-electron chi connectivity index (χ4n) is 3.89. The maximum Gasteiger partial charge on any atom is 0.198 e. The summed E-state index contributed by atoms with van der Waals surface area (Å²) in [5, 5.41) is -0.563. The lowest BCUT2D eigenvalue weighted by Crippen LogP contribution is -2.01. The molecule has 0 amide bonds. The van der Waals surface area contributed by atoms with Crippen LogP contribution in [0.15, 0.2) is 48.5 Å². The summed E-state index contributed by atoms with van der Waals surface area (Å²) in [7, 11) is 0. The predicted molar refractivity (Wildman–Crippen MR) is 96.2 cm³/mol. The number of hydrogen-bond donors (Lipinski definition) is 0. The minimum atomic E-state index is -2.07. The first-order valence-corrected chi connectivity index (χ1v) is 8.28. The van der Waals surface area contributed by atoms with Crippen LogP contribution in [0.2, 0.25) is 0 Å². The summed E-state index contributed by atoms with van der Waals surface area (Å²) in [6.45, 7) is 0. The monoisotopic (exact) mass is 386 g/mol. The fraction of sp³-hybridized carbons (Fsp3) is 0. The molecule has 0 aromatic heterocycles. The van der Waals surface area contributed by atoms with Crippen LogP contribution in [-0.4, -0.2) is 0 Å². The minimum Gasteiger partial charge on any atom is -0.204 e. The zero-order valence-corrected chi connectivity index (χ0v) is 13.9. The van der Waals surface area contributed by atoms with Crippen molar-refractivity contribution >= 4 is 43.1 Å². The molecule has 5 rings (SSSR count). The van der Waals surface area contributed by atoms with Gasteiger partial charge >= 0.3 is 0 Å². The summed E-state index contributed by atoms with van der Waals surface area (Å²) in [6, 6.07) is 12.0. The van der Waals surface area contributed by atoms with Crippen LogP contribution in [0.5, 0.6) is 0 Å². The lowest BCUT2D eigenvalue weighted by Gasteiger charge is -2.15. The minimum absolute atomic E-state index is 0.0662. The Labute approximate surface area is 153 Å². The van der Waals surface area contributed by atoms with Crippen molar-refractivity contribution in [1.29, 1.82) is 0 Å². The second kappa shape index (κ2) is 5.61. The van der Waals surface area contributed by atoms with Crippen molar-refractivity contribution in [1.82, 2.24) is 0 Å². The van der Waals surface area contributed by atoms with Crippen molar-refractivity contribution in [3.8, 4) is 0 Å². The number of fused-ring (bicyclic) bond motifs is 8. The molecule has 0 aliphatic carbocycles. The highest BCUT2D eigenvalue weighted by Gasteiger charge is 2.27. The van der Waals surface area contributed by atoms with E-state index in [1.807, 2.05) is 0 Å². The van der Waals surface area contributed by atoms with E-state index < -0.39 is 51.1 Å². The molecule has 0 saturated carbocycles. The lowest BCUT2D eigenvalue weighted by molar-refractivity contribution is 0.418. The van der Waals surface area contributed by atoms with Gasteiger partial charge in [0.25, 0.3) is 0 Å². The van der Waals surface area contributed by atoms with Gasteiger partial charge in [-0.15, -0.1) is 0 Å². The Kier molecular flexibility index (Phi) is 3.38. The quantitative estimate of drug-likeness (QED) is 0.115. The van der Waals surface area contributed by atoms with Crippen LogP contribution in [0.1, 0.15) is 0 Å². The molecule has 138 valence electrons. The van der Waals surface area contributed by atoms with Crippen molar-refractivity contribution in [3.05, 3.63) is 83.4 Å². The largest absolute Gasteiger partial charge is 0.204 e. The van der Waals surface area contributed by atoms with Gasteiger partial charge in [0.2, 0.25) is 0 Å². The molecule has 0 aliphatic heterocycles. The smallest absolute Gasteiger partial charge is 0.198 e. The fourth-order valence-corrected chi connectivity index (χ4v) is 3.89. The highest BCUT2D eigenvalue weighted by atomic mass is 19.2. The first-order chi connectivity index (χ1) is 13.4. The molecule has 0 nitrogen and oxygen atoms in total. The second-order valence-electron chi connectivity index (χ2n) is 6.50. The summed E-state index contributed by atoms with van der Waals surface area (Å²) < 4.78 is 86.2. The molecule has 0 atom stereocenters. The number of benzene rings is 5. The number of halogens is 6. The van der Waals surface area contributed by atoms with Crippen molar-refractivity contribution in [3.63, 3.8) is 0 Å². The SMILES string of the molecule is Fc1ccc2c3ccc4ccccc4c3c3c(F)c(F)c(F)c(F)c3c2c1F. The molecule has 0 spiro atoms. The average molecular weight is 386 g/mol. The van der Waals surface area contributed by atoms with E-state index in [0.717, 1.165) is 6.07 Å². The Morgan fingerprint density at radius 1 is 0.393 bits per heavy atom. The Morgan fingerprint density at radius 3 is 1.68 bits per heavy atom. The normalized spacial score (nSPS) is 11.9. The van der Waals surface area contributed by atoms with E-state index in [4.69, 9.17) is 0 Å². The van der Waals surface area contributed by atoms with Gasteiger partial charge in [-0.3, -0.25) is 0 Å². The maximum atomic E-state index is 14.9. The van der Waals surface area contributed by atoms with E-state index in [1.165, 1.54) is 12.1 Å². The zero-order valence-electron chi connectivity index (χ0n) is 13.9. The second-order valence-corrected chi connectivity index (χ2v) is 6.50. The van der Waals surface area contributed by atoms with Gasteiger partial charge in [0, 0.05) is 21.5 Å². The summed E-state index contributed by atoms with van der Waals surface area (Å²) in [4.78, 5) is 0. The van der Waals surface area contributed by atoms with Crippen LogP contribution >= 0.6 is 0 Å². The Bertz CT molecular complexity index is 1470. The summed E-state index contributed by atoms with van der Waals surface area (Å²) >= 11 is 0. The molecular formula is C22H8F6. The lowest BCUT2D eigenvalue weighted by atomic mass is 9.90. The third-order valence-electron chi connectivity index (χ3n) is 5.08. The Hall–Kier alpha value is -3.28. The highest BCUT2D eigenvalue weighted by molar-refractivity contribution is 6.31. The molecule has 6 heteroatoms. The van der Waals surface area contributed by atoms with Gasteiger partial charge in [-0.25, -0.2) is 26.3 Å². The van der Waals surface area contributed by atoms with Crippen LogP contribution in [0, 0.1) is 34.9 Å². The molecule has 5 aromatic rings. The van der Waals surface area contributed by atoms with Gasteiger partial charge in [0.1, 0.15) is 0 Å². The van der Waals surface area contributed by atoms with Crippen molar-refractivity contribution in [2.24, 2.45) is 0 Å². The molecule has 0 bridgehead atoms. The third kappa shape index (κ3) is 1.97. The number of rotatable bonds is 0. The van der Waals surface area contributed by atoms with E-state index in [2.05, 4.69) is 0 Å². The molecule has 0 radical (unpaired) electrons. The van der Waals surface area contributed by atoms with E-state index in [9.17, 15) is 26.3 Å². The Balaban J connectivity index is 2.30. The van der Waals surface area contributed by atoms with Crippen LogP contribution in [0.3, 0.4) is 0 Å². The topological polar surface area (TPSA) is 0 Å². The standard InChI is InChI=1S/C22H8F6/c23-13-8-7-12-11-6-5-9-3-1-2-4-10(9)14(11)16-17(15(12)18(13)24)20(26)22(28)21(27)19(16)25/h1-8H.